The molecule has 3 atom stereocenters. The van der Waals surface area contributed by atoms with Crippen LogP contribution in [0.2, 0.25) is 0 Å². The van der Waals surface area contributed by atoms with Gasteiger partial charge in [-0.25, -0.2) is 0 Å². The van der Waals surface area contributed by atoms with E-state index in [4.69, 9.17) is 0 Å². The van der Waals surface area contributed by atoms with Crippen molar-refractivity contribution in [2.24, 2.45) is 22.7 Å². The van der Waals surface area contributed by atoms with Crippen LogP contribution in [0.3, 0.4) is 0 Å². The molecule has 1 aliphatic carbocycles. The summed E-state index contributed by atoms with van der Waals surface area (Å²) in [7, 11) is 0. The second kappa shape index (κ2) is 3.87. The SMILES string of the molecule is CCCC(C)(C(C)C)C1(C)CC1CC. The van der Waals surface area contributed by atoms with Crippen LogP contribution in [0.1, 0.15) is 67.2 Å². The first-order valence-electron chi connectivity index (χ1n) is 6.42. The molecular weight excluding hydrogens is 168 g/mol. The third-order valence-corrected chi connectivity index (χ3v) is 5.25. The molecule has 0 aromatic heterocycles. The summed E-state index contributed by atoms with van der Waals surface area (Å²) >= 11 is 0. The van der Waals surface area contributed by atoms with E-state index in [0.29, 0.717) is 10.8 Å². The quantitative estimate of drug-likeness (QED) is 0.587. The highest BCUT2D eigenvalue weighted by Gasteiger charge is 2.60. The van der Waals surface area contributed by atoms with Crippen molar-refractivity contribution in [1.82, 2.24) is 0 Å². The molecule has 1 fully saturated rings. The Balaban J connectivity index is 2.79. The second-order valence-electron chi connectivity index (χ2n) is 6.05. The van der Waals surface area contributed by atoms with E-state index < -0.39 is 0 Å². The van der Waals surface area contributed by atoms with Crippen molar-refractivity contribution in [2.45, 2.75) is 67.2 Å². The third kappa shape index (κ3) is 1.61. The molecule has 84 valence electrons. The fraction of sp³-hybridized carbons (Fsp3) is 1.00. The summed E-state index contributed by atoms with van der Waals surface area (Å²) in [5, 5.41) is 0. The summed E-state index contributed by atoms with van der Waals surface area (Å²) in [5.74, 6) is 1.82. The summed E-state index contributed by atoms with van der Waals surface area (Å²) < 4.78 is 0. The molecule has 0 aromatic rings. The second-order valence-corrected chi connectivity index (χ2v) is 6.05. The van der Waals surface area contributed by atoms with E-state index >= 15 is 0 Å². The molecule has 0 bridgehead atoms. The highest BCUT2D eigenvalue weighted by molar-refractivity contribution is 5.09. The smallest absolute Gasteiger partial charge is 0.0238 e. The molecule has 0 aromatic carbocycles. The number of hydrogen-bond donors (Lipinski definition) is 0. The van der Waals surface area contributed by atoms with Crippen molar-refractivity contribution >= 4 is 0 Å². The Kier molecular flexibility index (Phi) is 3.33. The van der Waals surface area contributed by atoms with Crippen LogP contribution in [0.4, 0.5) is 0 Å². The zero-order valence-corrected chi connectivity index (χ0v) is 11.0. The van der Waals surface area contributed by atoms with Gasteiger partial charge in [0.25, 0.3) is 0 Å². The molecule has 0 radical (unpaired) electrons. The van der Waals surface area contributed by atoms with Gasteiger partial charge in [0.15, 0.2) is 0 Å². The normalized spacial score (nSPS) is 35.8. The standard InChI is InChI=1S/C14H28/c1-7-9-13(5,11(3)4)14(6)10-12(14)8-2/h11-12H,7-10H2,1-6H3. The molecule has 3 unspecified atom stereocenters. The highest BCUT2D eigenvalue weighted by atomic mass is 14.6. The Morgan fingerprint density at radius 3 is 2.21 bits per heavy atom. The summed E-state index contributed by atoms with van der Waals surface area (Å²) in [6.45, 7) is 14.5. The van der Waals surface area contributed by atoms with Gasteiger partial charge in [0.1, 0.15) is 0 Å². The van der Waals surface area contributed by atoms with Gasteiger partial charge >= 0.3 is 0 Å². The fourth-order valence-corrected chi connectivity index (χ4v) is 3.50. The zero-order valence-electron chi connectivity index (χ0n) is 11.0. The monoisotopic (exact) mass is 196 g/mol. The van der Waals surface area contributed by atoms with Gasteiger partial charge in [-0.3, -0.25) is 0 Å². The lowest BCUT2D eigenvalue weighted by Gasteiger charge is -2.41. The Morgan fingerprint density at radius 1 is 1.36 bits per heavy atom. The zero-order chi connectivity index (χ0) is 11.0. The molecule has 0 nitrogen and oxygen atoms in total. The molecule has 1 aliphatic rings. The number of hydrogen-bond acceptors (Lipinski definition) is 0. The lowest BCUT2D eigenvalue weighted by molar-refractivity contribution is 0.0781. The summed E-state index contributed by atoms with van der Waals surface area (Å²) in [5.41, 5.74) is 1.22. The van der Waals surface area contributed by atoms with E-state index in [1.165, 1.54) is 25.7 Å². The maximum atomic E-state index is 2.52. The van der Waals surface area contributed by atoms with Crippen LogP contribution in [0.5, 0.6) is 0 Å². The van der Waals surface area contributed by atoms with Gasteiger partial charge in [-0.15, -0.1) is 0 Å². The van der Waals surface area contributed by atoms with E-state index in [-0.39, 0.29) is 0 Å². The molecule has 1 saturated carbocycles. The molecule has 0 amide bonds. The van der Waals surface area contributed by atoms with Crippen LogP contribution >= 0.6 is 0 Å². The van der Waals surface area contributed by atoms with Crippen LogP contribution in [0, 0.1) is 22.7 Å². The van der Waals surface area contributed by atoms with Crippen LogP contribution in [0.15, 0.2) is 0 Å². The van der Waals surface area contributed by atoms with E-state index in [1.807, 2.05) is 0 Å². The summed E-state index contributed by atoms with van der Waals surface area (Å²) in [6, 6.07) is 0. The van der Waals surface area contributed by atoms with Crippen LogP contribution in [-0.2, 0) is 0 Å². The van der Waals surface area contributed by atoms with E-state index in [2.05, 4.69) is 41.5 Å². The minimum Gasteiger partial charge on any atom is -0.0654 e. The molecule has 0 spiro atoms. The summed E-state index contributed by atoms with van der Waals surface area (Å²) in [4.78, 5) is 0. The van der Waals surface area contributed by atoms with Gasteiger partial charge in [0.2, 0.25) is 0 Å². The van der Waals surface area contributed by atoms with Gasteiger partial charge < -0.3 is 0 Å². The molecule has 1 rings (SSSR count). The predicted molar refractivity (Wildman–Crippen MR) is 64.4 cm³/mol. The van der Waals surface area contributed by atoms with E-state index in [1.54, 1.807) is 0 Å². The van der Waals surface area contributed by atoms with Crippen molar-refractivity contribution in [2.75, 3.05) is 0 Å². The van der Waals surface area contributed by atoms with Crippen LogP contribution < -0.4 is 0 Å². The Hall–Kier alpha value is 0. The first kappa shape index (κ1) is 12.1. The minimum atomic E-state index is 0.572. The molecule has 0 heteroatoms. The molecule has 0 heterocycles. The molecule has 0 aliphatic heterocycles. The highest BCUT2D eigenvalue weighted by Crippen LogP contribution is 2.68. The lowest BCUT2D eigenvalue weighted by atomic mass is 9.64. The predicted octanol–water partition coefficient (Wildman–Crippen LogP) is 4.89. The largest absolute Gasteiger partial charge is 0.0654 e. The minimum absolute atomic E-state index is 0.572. The van der Waals surface area contributed by atoms with Gasteiger partial charge in [0, 0.05) is 0 Å². The first-order valence-corrected chi connectivity index (χ1v) is 6.42. The lowest BCUT2D eigenvalue weighted by Crippen LogP contribution is -2.33. The molecule has 0 saturated heterocycles. The third-order valence-electron chi connectivity index (χ3n) is 5.25. The Morgan fingerprint density at radius 2 is 1.93 bits per heavy atom. The Bertz CT molecular complexity index is 194. The van der Waals surface area contributed by atoms with Crippen molar-refractivity contribution in [3.63, 3.8) is 0 Å². The van der Waals surface area contributed by atoms with Crippen LogP contribution in [-0.4, -0.2) is 0 Å². The first-order chi connectivity index (χ1) is 6.42. The van der Waals surface area contributed by atoms with Crippen molar-refractivity contribution in [3.8, 4) is 0 Å². The van der Waals surface area contributed by atoms with Crippen LogP contribution in [0.25, 0.3) is 0 Å². The average molecular weight is 196 g/mol. The van der Waals surface area contributed by atoms with E-state index in [0.717, 1.165) is 11.8 Å². The molecular formula is C14H28. The maximum Gasteiger partial charge on any atom is -0.0238 e. The van der Waals surface area contributed by atoms with Gasteiger partial charge in [-0.05, 0) is 35.5 Å². The van der Waals surface area contributed by atoms with Crippen molar-refractivity contribution in [3.05, 3.63) is 0 Å². The summed E-state index contributed by atoms with van der Waals surface area (Å²) in [6.07, 6.45) is 5.58. The molecule has 0 N–H and O–H groups in total. The fourth-order valence-electron chi connectivity index (χ4n) is 3.50. The Labute approximate surface area is 90.5 Å². The topological polar surface area (TPSA) is 0 Å². The van der Waals surface area contributed by atoms with Crippen molar-refractivity contribution in [1.29, 1.82) is 0 Å². The van der Waals surface area contributed by atoms with Crippen molar-refractivity contribution < 1.29 is 0 Å². The van der Waals surface area contributed by atoms with Gasteiger partial charge in [-0.1, -0.05) is 54.4 Å². The average Bonchev–Trinajstić information content (AvgIpc) is 2.79. The van der Waals surface area contributed by atoms with Gasteiger partial charge in [0.05, 0.1) is 0 Å². The molecule has 14 heavy (non-hydrogen) atoms. The number of rotatable bonds is 5. The maximum absolute atomic E-state index is 2.52. The van der Waals surface area contributed by atoms with E-state index in [9.17, 15) is 0 Å². The van der Waals surface area contributed by atoms with Gasteiger partial charge in [-0.2, -0.15) is 0 Å².